The summed E-state index contributed by atoms with van der Waals surface area (Å²) in [7, 11) is 4.00. The minimum atomic E-state index is -0.452. The van der Waals surface area contributed by atoms with Gasteiger partial charge in [-0.15, -0.1) is 0 Å². The van der Waals surface area contributed by atoms with Crippen molar-refractivity contribution < 1.29 is 0 Å². The predicted octanol–water partition coefficient (Wildman–Crippen LogP) is 3.45. The third kappa shape index (κ3) is 3.90. The number of likely N-dealkylation sites (N-methyl/N-ethyl adjacent to an activating group) is 1. The predicted molar refractivity (Wildman–Crippen MR) is 88.3 cm³/mol. The molecule has 4 nitrogen and oxygen atoms in total. The van der Waals surface area contributed by atoms with Crippen molar-refractivity contribution in [2.24, 2.45) is 5.73 Å². The van der Waals surface area contributed by atoms with E-state index in [2.05, 4.69) is 10.00 Å². The zero-order valence-corrected chi connectivity index (χ0v) is 14.1. The zero-order chi connectivity index (χ0) is 15.6. The molecule has 2 aromatic rings. The summed E-state index contributed by atoms with van der Waals surface area (Å²) in [4.78, 5) is 2.07. The third-order valence-corrected chi connectivity index (χ3v) is 4.04. The first-order valence-electron chi connectivity index (χ1n) is 6.46. The molecule has 2 rings (SSSR count). The van der Waals surface area contributed by atoms with Crippen molar-refractivity contribution in [3.63, 3.8) is 0 Å². The Morgan fingerprint density at radius 2 is 1.95 bits per heavy atom. The van der Waals surface area contributed by atoms with Crippen LogP contribution < -0.4 is 5.73 Å². The fraction of sp³-hybridized carbons (Fsp3) is 0.357. The van der Waals surface area contributed by atoms with Gasteiger partial charge in [-0.25, -0.2) is 0 Å². The lowest BCUT2D eigenvalue weighted by molar-refractivity contribution is 0.368. The Balaban J connectivity index is 2.34. The van der Waals surface area contributed by atoms with Crippen LogP contribution in [0.5, 0.6) is 0 Å². The van der Waals surface area contributed by atoms with Gasteiger partial charge in [0.2, 0.25) is 0 Å². The first-order valence-corrected chi connectivity index (χ1v) is 7.60. The first kappa shape index (κ1) is 16.6. The number of nitrogens with zero attached hydrogens (tertiary/aromatic N) is 3. The Bertz CT molecular complexity index is 625. The van der Waals surface area contributed by atoms with E-state index in [-0.39, 0.29) is 0 Å². The van der Waals surface area contributed by atoms with Crippen molar-refractivity contribution in [2.75, 3.05) is 20.6 Å². The summed E-state index contributed by atoms with van der Waals surface area (Å²) in [5.74, 6) is 0. The van der Waals surface area contributed by atoms with Crippen LogP contribution in [0.3, 0.4) is 0 Å². The maximum atomic E-state index is 6.33. The van der Waals surface area contributed by atoms with E-state index in [1.165, 1.54) is 0 Å². The van der Waals surface area contributed by atoms with Crippen molar-refractivity contribution in [2.45, 2.75) is 12.6 Å². The molecular weight excluding hydrogens is 331 g/mol. The fourth-order valence-corrected chi connectivity index (χ4v) is 2.84. The number of rotatable bonds is 5. The van der Waals surface area contributed by atoms with Gasteiger partial charge in [0.15, 0.2) is 0 Å². The molecule has 21 heavy (non-hydrogen) atoms. The Morgan fingerprint density at radius 3 is 2.57 bits per heavy atom. The lowest BCUT2D eigenvalue weighted by Crippen LogP contribution is -2.23. The molecule has 0 aliphatic heterocycles. The second kappa shape index (κ2) is 6.99. The SMILES string of the molecule is CN(C)CCn1ncc(Cl)c1C(N)c1ccc(Cl)cc1Cl. The number of nitrogens with two attached hydrogens (primary N) is 1. The van der Waals surface area contributed by atoms with Crippen LogP contribution >= 0.6 is 34.8 Å². The normalized spacial score (nSPS) is 12.9. The van der Waals surface area contributed by atoms with Gasteiger partial charge < -0.3 is 10.6 Å². The van der Waals surface area contributed by atoms with Gasteiger partial charge in [-0.05, 0) is 31.8 Å². The Kier molecular flexibility index (Phi) is 5.52. The molecule has 0 saturated carbocycles. The number of aromatic nitrogens is 2. The maximum Gasteiger partial charge on any atom is 0.0837 e. The van der Waals surface area contributed by atoms with Gasteiger partial charge in [-0.3, -0.25) is 4.68 Å². The van der Waals surface area contributed by atoms with Crippen molar-refractivity contribution in [3.05, 3.63) is 50.7 Å². The molecule has 1 unspecified atom stereocenters. The van der Waals surface area contributed by atoms with E-state index in [1.807, 2.05) is 24.8 Å². The van der Waals surface area contributed by atoms with Crippen molar-refractivity contribution in [1.82, 2.24) is 14.7 Å². The Labute approximate surface area is 139 Å². The van der Waals surface area contributed by atoms with Gasteiger partial charge in [0, 0.05) is 16.6 Å². The van der Waals surface area contributed by atoms with Gasteiger partial charge in [0.05, 0.1) is 29.5 Å². The lowest BCUT2D eigenvalue weighted by Gasteiger charge is -2.18. The molecule has 0 aliphatic carbocycles. The number of benzene rings is 1. The van der Waals surface area contributed by atoms with Gasteiger partial charge in [0.25, 0.3) is 0 Å². The highest BCUT2D eigenvalue weighted by molar-refractivity contribution is 6.35. The number of hydrogen-bond acceptors (Lipinski definition) is 3. The van der Waals surface area contributed by atoms with Crippen LogP contribution in [-0.2, 0) is 6.54 Å². The van der Waals surface area contributed by atoms with Crippen LogP contribution in [0.1, 0.15) is 17.3 Å². The van der Waals surface area contributed by atoms with Crippen LogP contribution in [0.15, 0.2) is 24.4 Å². The van der Waals surface area contributed by atoms with Crippen molar-refractivity contribution >= 4 is 34.8 Å². The molecular formula is C14H17Cl3N4. The quantitative estimate of drug-likeness (QED) is 0.901. The molecule has 0 saturated heterocycles. The number of halogens is 3. The monoisotopic (exact) mass is 346 g/mol. The standard InChI is InChI=1S/C14H17Cl3N4/c1-20(2)5-6-21-14(12(17)8-19-21)13(18)10-4-3-9(15)7-11(10)16/h3-4,7-8,13H,5-6,18H2,1-2H3. The molecule has 0 aliphatic rings. The summed E-state index contributed by atoms with van der Waals surface area (Å²) in [6, 6.07) is 4.80. The average molecular weight is 348 g/mol. The lowest BCUT2D eigenvalue weighted by atomic mass is 10.0. The second-order valence-electron chi connectivity index (χ2n) is 5.05. The molecule has 1 aromatic heterocycles. The van der Waals surface area contributed by atoms with Crippen LogP contribution in [0, 0.1) is 0 Å². The van der Waals surface area contributed by atoms with E-state index in [4.69, 9.17) is 40.5 Å². The summed E-state index contributed by atoms with van der Waals surface area (Å²) in [5.41, 5.74) is 7.86. The molecule has 7 heteroatoms. The van der Waals surface area contributed by atoms with Gasteiger partial charge >= 0.3 is 0 Å². The van der Waals surface area contributed by atoms with E-state index < -0.39 is 6.04 Å². The Hall–Kier alpha value is -0.780. The van der Waals surface area contributed by atoms with E-state index in [0.29, 0.717) is 21.6 Å². The highest BCUT2D eigenvalue weighted by atomic mass is 35.5. The molecule has 1 aromatic carbocycles. The molecule has 0 fully saturated rings. The molecule has 1 heterocycles. The largest absolute Gasteiger partial charge is 0.319 e. The summed E-state index contributed by atoms with van der Waals surface area (Å²) >= 11 is 18.4. The fourth-order valence-electron chi connectivity index (χ4n) is 2.06. The summed E-state index contributed by atoms with van der Waals surface area (Å²) in [6.07, 6.45) is 1.61. The van der Waals surface area contributed by atoms with Crippen LogP contribution in [0.25, 0.3) is 0 Å². The van der Waals surface area contributed by atoms with Crippen LogP contribution in [0.2, 0.25) is 15.1 Å². The van der Waals surface area contributed by atoms with Crippen molar-refractivity contribution in [1.29, 1.82) is 0 Å². The van der Waals surface area contributed by atoms with Gasteiger partial charge in [-0.2, -0.15) is 5.10 Å². The van der Waals surface area contributed by atoms with Crippen LogP contribution in [0.4, 0.5) is 0 Å². The van der Waals surface area contributed by atoms with E-state index >= 15 is 0 Å². The zero-order valence-electron chi connectivity index (χ0n) is 11.9. The van der Waals surface area contributed by atoms with E-state index in [1.54, 1.807) is 18.3 Å². The Morgan fingerprint density at radius 1 is 1.24 bits per heavy atom. The number of hydrogen-bond donors (Lipinski definition) is 1. The average Bonchev–Trinajstić information content (AvgIpc) is 2.77. The van der Waals surface area contributed by atoms with E-state index in [9.17, 15) is 0 Å². The second-order valence-corrected chi connectivity index (χ2v) is 6.30. The summed E-state index contributed by atoms with van der Waals surface area (Å²) in [6.45, 7) is 1.54. The summed E-state index contributed by atoms with van der Waals surface area (Å²) in [5, 5.41) is 5.92. The van der Waals surface area contributed by atoms with Crippen molar-refractivity contribution in [3.8, 4) is 0 Å². The molecule has 1 atom stereocenters. The topological polar surface area (TPSA) is 47.1 Å². The molecule has 0 spiro atoms. The molecule has 0 radical (unpaired) electrons. The van der Waals surface area contributed by atoms with Crippen LogP contribution in [-0.4, -0.2) is 35.3 Å². The third-order valence-electron chi connectivity index (χ3n) is 3.18. The maximum absolute atomic E-state index is 6.33. The molecule has 2 N–H and O–H groups in total. The smallest absolute Gasteiger partial charge is 0.0837 e. The van der Waals surface area contributed by atoms with Gasteiger partial charge in [-0.1, -0.05) is 40.9 Å². The molecule has 0 bridgehead atoms. The highest BCUT2D eigenvalue weighted by Gasteiger charge is 2.20. The van der Waals surface area contributed by atoms with Gasteiger partial charge in [0.1, 0.15) is 0 Å². The minimum absolute atomic E-state index is 0.452. The molecule has 114 valence electrons. The highest BCUT2D eigenvalue weighted by Crippen LogP contribution is 2.32. The van der Waals surface area contributed by atoms with E-state index in [0.717, 1.165) is 17.8 Å². The molecule has 0 amide bonds. The first-order chi connectivity index (χ1) is 9.90. The summed E-state index contributed by atoms with van der Waals surface area (Å²) < 4.78 is 1.82. The minimum Gasteiger partial charge on any atom is -0.319 e.